The zero-order valence-corrected chi connectivity index (χ0v) is 13.0. The Kier molecular flexibility index (Phi) is 5.42. The molecule has 0 bridgehead atoms. The first kappa shape index (κ1) is 13.8. The van der Waals surface area contributed by atoms with E-state index in [4.69, 9.17) is 4.74 Å². The third kappa shape index (κ3) is 4.23. The molecular formula is C15H14Br2O. The van der Waals surface area contributed by atoms with Crippen LogP contribution in [0.4, 0.5) is 0 Å². The molecule has 0 N–H and O–H groups in total. The number of hydrogen-bond donors (Lipinski definition) is 0. The van der Waals surface area contributed by atoms with Crippen LogP contribution in [0.25, 0.3) is 0 Å². The maximum atomic E-state index is 5.80. The fraction of sp³-hybridized carbons (Fsp3) is 0.200. The van der Waals surface area contributed by atoms with Crippen molar-refractivity contribution in [3.63, 3.8) is 0 Å². The normalized spacial score (nSPS) is 12.3. The summed E-state index contributed by atoms with van der Waals surface area (Å²) in [5, 5.41) is 0.0343. The minimum absolute atomic E-state index is 0.0343. The van der Waals surface area contributed by atoms with Gasteiger partial charge in [0.2, 0.25) is 0 Å². The minimum Gasteiger partial charge on any atom is -0.362 e. The van der Waals surface area contributed by atoms with Crippen LogP contribution in [-0.4, -0.2) is 5.01 Å². The molecule has 0 saturated heterocycles. The average Bonchev–Trinajstić information content (AvgIpc) is 2.39. The molecule has 0 radical (unpaired) electrons. The summed E-state index contributed by atoms with van der Waals surface area (Å²) in [6.45, 7) is 0.601. The van der Waals surface area contributed by atoms with Crippen molar-refractivity contribution in [2.45, 2.75) is 18.0 Å². The second-order valence-electron chi connectivity index (χ2n) is 4.00. The molecule has 0 heterocycles. The number of alkyl halides is 1. The number of ether oxygens (including phenoxy) is 1. The van der Waals surface area contributed by atoms with E-state index in [1.807, 2.05) is 36.4 Å². The van der Waals surface area contributed by atoms with E-state index in [-0.39, 0.29) is 5.01 Å². The van der Waals surface area contributed by atoms with E-state index in [0.717, 1.165) is 16.5 Å². The molecule has 94 valence electrons. The lowest BCUT2D eigenvalue weighted by Gasteiger charge is -2.12. The minimum atomic E-state index is 0.0343. The third-order valence-electron chi connectivity index (χ3n) is 2.62. The van der Waals surface area contributed by atoms with Crippen LogP contribution in [0.2, 0.25) is 0 Å². The smallest absolute Gasteiger partial charge is 0.116 e. The molecule has 18 heavy (non-hydrogen) atoms. The van der Waals surface area contributed by atoms with E-state index in [2.05, 4.69) is 50.1 Å². The second kappa shape index (κ2) is 7.07. The predicted molar refractivity (Wildman–Crippen MR) is 81.8 cm³/mol. The van der Waals surface area contributed by atoms with Crippen molar-refractivity contribution < 1.29 is 4.74 Å². The number of rotatable bonds is 5. The highest BCUT2D eigenvalue weighted by atomic mass is 79.9. The lowest BCUT2D eigenvalue weighted by atomic mass is 10.2. The van der Waals surface area contributed by atoms with Crippen molar-refractivity contribution in [2.24, 2.45) is 0 Å². The number of hydrogen-bond acceptors (Lipinski definition) is 1. The van der Waals surface area contributed by atoms with E-state index in [1.165, 1.54) is 5.56 Å². The van der Waals surface area contributed by atoms with Gasteiger partial charge < -0.3 is 4.74 Å². The van der Waals surface area contributed by atoms with Crippen molar-refractivity contribution in [3.8, 4) is 0 Å². The van der Waals surface area contributed by atoms with Crippen LogP contribution in [0.15, 0.2) is 59.1 Å². The Morgan fingerprint density at radius 3 is 2.33 bits per heavy atom. The van der Waals surface area contributed by atoms with Gasteiger partial charge in [-0.3, -0.25) is 0 Å². The fourth-order valence-corrected chi connectivity index (χ4v) is 2.56. The van der Waals surface area contributed by atoms with Crippen LogP contribution in [0.5, 0.6) is 0 Å². The second-order valence-corrected chi connectivity index (χ2v) is 5.88. The molecule has 0 saturated carbocycles. The fourth-order valence-electron chi connectivity index (χ4n) is 1.65. The van der Waals surface area contributed by atoms with Crippen LogP contribution in [0.3, 0.4) is 0 Å². The van der Waals surface area contributed by atoms with E-state index >= 15 is 0 Å². The van der Waals surface area contributed by atoms with Crippen LogP contribution in [0.1, 0.15) is 11.1 Å². The lowest BCUT2D eigenvalue weighted by molar-refractivity contribution is 0.103. The molecule has 1 atom stereocenters. The molecular weight excluding hydrogens is 356 g/mol. The van der Waals surface area contributed by atoms with Crippen LogP contribution < -0.4 is 0 Å². The van der Waals surface area contributed by atoms with Gasteiger partial charge in [-0.05, 0) is 17.2 Å². The maximum Gasteiger partial charge on any atom is 0.116 e. The monoisotopic (exact) mass is 368 g/mol. The Morgan fingerprint density at radius 1 is 0.944 bits per heavy atom. The van der Waals surface area contributed by atoms with E-state index in [1.54, 1.807) is 0 Å². The molecule has 0 amide bonds. The van der Waals surface area contributed by atoms with Crippen molar-refractivity contribution in [2.75, 3.05) is 0 Å². The SMILES string of the molecule is Brc1ccccc1COC(Br)Cc1ccccc1. The molecule has 0 spiro atoms. The van der Waals surface area contributed by atoms with Gasteiger partial charge in [0.25, 0.3) is 0 Å². The van der Waals surface area contributed by atoms with Gasteiger partial charge in [-0.15, -0.1) is 0 Å². The predicted octanol–water partition coefficient (Wildman–Crippen LogP) is 4.93. The van der Waals surface area contributed by atoms with Gasteiger partial charge in [0.15, 0.2) is 0 Å². The molecule has 1 nitrogen and oxygen atoms in total. The summed E-state index contributed by atoms with van der Waals surface area (Å²) >= 11 is 7.08. The summed E-state index contributed by atoms with van der Waals surface area (Å²) < 4.78 is 6.89. The standard InChI is InChI=1S/C15H14Br2O/c16-14-9-5-4-8-13(14)11-18-15(17)10-12-6-2-1-3-7-12/h1-9,15H,10-11H2. The van der Waals surface area contributed by atoms with Gasteiger partial charge in [-0.1, -0.05) is 80.4 Å². The van der Waals surface area contributed by atoms with Gasteiger partial charge in [0.05, 0.1) is 6.61 Å². The first-order chi connectivity index (χ1) is 8.75. The Morgan fingerprint density at radius 2 is 1.61 bits per heavy atom. The molecule has 0 aliphatic carbocycles. The highest BCUT2D eigenvalue weighted by Crippen LogP contribution is 2.19. The summed E-state index contributed by atoms with van der Waals surface area (Å²) in [5.74, 6) is 0. The van der Waals surface area contributed by atoms with E-state index in [9.17, 15) is 0 Å². The molecule has 0 aliphatic rings. The average molecular weight is 370 g/mol. The van der Waals surface area contributed by atoms with E-state index in [0.29, 0.717) is 6.61 Å². The molecule has 0 aromatic heterocycles. The van der Waals surface area contributed by atoms with Gasteiger partial charge >= 0.3 is 0 Å². The number of benzene rings is 2. The summed E-state index contributed by atoms with van der Waals surface area (Å²) in [5.41, 5.74) is 2.43. The van der Waals surface area contributed by atoms with Crippen LogP contribution in [-0.2, 0) is 17.8 Å². The molecule has 3 heteroatoms. The highest BCUT2D eigenvalue weighted by Gasteiger charge is 2.07. The van der Waals surface area contributed by atoms with Crippen molar-refractivity contribution in [1.82, 2.24) is 0 Å². The molecule has 1 unspecified atom stereocenters. The number of halogens is 2. The van der Waals surface area contributed by atoms with Gasteiger partial charge in [-0.2, -0.15) is 0 Å². The highest BCUT2D eigenvalue weighted by molar-refractivity contribution is 9.10. The molecule has 2 rings (SSSR count). The first-order valence-electron chi connectivity index (χ1n) is 5.78. The lowest BCUT2D eigenvalue weighted by Crippen LogP contribution is -2.08. The van der Waals surface area contributed by atoms with Crippen LogP contribution >= 0.6 is 31.9 Å². The zero-order valence-electron chi connectivity index (χ0n) is 9.85. The van der Waals surface area contributed by atoms with Gasteiger partial charge in [0.1, 0.15) is 5.01 Å². The topological polar surface area (TPSA) is 9.23 Å². The molecule has 0 aliphatic heterocycles. The van der Waals surface area contributed by atoms with Crippen molar-refractivity contribution in [3.05, 3.63) is 70.2 Å². The van der Waals surface area contributed by atoms with Gasteiger partial charge in [0, 0.05) is 10.9 Å². The molecule has 2 aromatic carbocycles. The molecule has 2 aromatic rings. The van der Waals surface area contributed by atoms with Crippen molar-refractivity contribution >= 4 is 31.9 Å². The zero-order chi connectivity index (χ0) is 12.8. The Hall–Kier alpha value is -0.640. The Bertz CT molecular complexity index is 485. The third-order valence-corrected chi connectivity index (χ3v) is 3.98. The summed E-state index contributed by atoms with van der Waals surface area (Å²) in [6, 6.07) is 18.4. The molecule has 0 fully saturated rings. The first-order valence-corrected chi connectivity index (χ1v) is 7.49. The Labute approximate surface area is 124 Å². The summed E-state index contributed by atoms with van der Waals surface area (Å²) in [4.78, 5) is 0. The van der Waals surface area contributed by atoms with Crippen LogP contribution in [0, 0.1) is 0 Å². The quantitative estimate of drug-likeness (QED) is 0.679. The summed E-state index contributed by atoms with van der Waals surface area (Å²) in [6.07, 6.45) is 0.866. The summed E-state index contributed by atoms with van der Waals surface area (Å²) in [7, 11) is 0. The van der Waals surface area contributed by atoms with Crippen molar-refractivity contribution in [1.29, 1.82) is 0 Å². The maximum absolute atomic E-state index is 5.80. The largest absolute Gasteiger partial charge is 0.362 e. The Balaban J connectivity index is 1.86. The van der Waals surface area contributed by atoms with Gasteiger partial charge in [-0.25, -0.2) is 0 Å². The van der Waals surface area contributed by atoms with E-state index < -0.39 is 0 Å².